The molecule has 6 nitrogen and oxygen atoms in total. The van der Waals surface area contributed by atoms with E-state index in [1.54, 1.807) is 7.05 Å². The van der Waals surface area contributed by atoms with E-state index >= 15 is 0 Å². The molecule has 1 saturated heterocycles. The van der Waals surface area contributed by atoms with E-state index in [0.717, 1.165) is 50.3 Å². The van der Waals surface area contributed by atoms with E-state index in [1.165, 1.54) is 0 Å². The minimum atomic E-state index is 0. The largest absolute Gasteiger partial charge is 0.465 e. The van der Waals surface area contributed by atoms with Gasteiger partial charge in [0.05, 0.1) is 19.3 Å². The highest BCUT2D eigenvalue weighted by Gasteiger charge is 2.25. The SMILES string of the molecule is C=CCNC(=NC)NCC(c1ccc(C)o1)N1CCOCC1.I. The van der Waals surface area contributed by atoms with E-state index < -0.39 is 0 Å². The highest BCUT2D eigenvalue weighted by Crippen LogP contribution is 2.23. The molecule has 2 rings (SSSR count). The fraction of sp³-hybridized carbons (Fsp3) is 0.562. The molecule has 1 aromatic heterocycles. The summed E-state index contributed by atoms with van der Waals surface area (Å²) in [4.78, 5) is 6.60. The minimum Gasteiger partial charge on any atom is -0.465 e. The number of halogens is 1. The van der Waals surface area contributed by atoms with Crippen molar-refractivity contribution in [1.29, 1.82) is 0 Å². The Morgan fingerprint density at radius 2 is 2.13 bits per heavy atom. The molecule has 0 saturated carbocycles. The number of aryl methyl sites for hydroxylation is 1. The summed E-state index contributed by atoms with van der Waals surface area (Å²) in [5.74, 6) is 2.68. The Kier molecular flexibility index (Phi) is 9.27. The van der Waals surface area contributed by atoms with Gasteiger partial charge in [0, 0.05) is 33.2 Å². The van der Waals surface area contributed by atoms with Gasteiger partial charge in [-0.25, -0.2) is 0 Å². The number of rotatable bonds is 6. The van der Waals surface area contributed by atoms with Gasteiger partial charge in [0.25, 0.3) is 0 Å². The highest BCUT2D eigenvalue weighted by molar-refractivity contribution is 14.0. The molecule has 23 heavy (non-hydrogen) atoms. The number of nitrogens with one attached hydrogen (secondary N) is 2. The Morgan fingerprint density at radius 1 is 1.39 bits per heavy atom. The summed E-state index contributed by atoms with van der Waals surface area (Å²) >= 11 is 0. The average molecular weight is 434 g/mol. The molecule has 2 heterocycles. The van der Waals surface area contributed by atoms with Crippen LogP contribution in [0.15, 0.2) is 34.2 Å². The topological polar surface area (TPSA) is 62.0 Å². The zero-order valence-corrected chi connectivity index (χ0v) is 16.2. The van der Waals surface area contributed by atoms with E-state index in [0.29, 0.717) is 6.54 Å². The van der Waals surface area contributed by atoms with Crippen LogP contribution in [0.25, 0.3) is 0 Å². The van der Waals surface area contributed by atoms with Gasteiger partial charge in [-0.1, -0.05) is 6.08 Å². The fourth-order valence-corrected chi connectivity index (χ4v) is 2.51. The molecule has 1 aromatic rings. The van der Waals surface area contributed by atoms with E-state index in [1.807, 2.05) is 19.1 Å². The third-order valence-electron chi connectivity index (χ3n) is 3.68. The summed E-state index contributed by atoms with van der Waals surface area (Å²) in [7, 11) is 1.76. The van der Waals surface area contributed by atoms with E-state index in [9.17, 15) is 0 Å². The molecule has 0 spiro atoms. The van der Waals surface area contributed by atoms with Crippen molar-refractivity contribution in [3.8, 4) is 0 Å². The maximum absolute atomic E-state index is 5.85. The van der Waals surface area contributed by atoms with Crippen LogP contribution in [0.5, 0.6) is 0 Å². The lowest BCUT2D eigenvalue weighted by Crippen LogP contribution is -2.46. The number of morpholine rings is 1. The molecular weight excluding hydrogens is 407 g/mol. The van der Waals surface area contributed by atoms with Crippen LogP contribution in [0, 0.1) is 6.92 Å². The third kappa shape index (κ3) is 6.15. The molecule has 130 valence electrons. The molecule has 0 aromatic carbocycles. The van der Waals surface area contributed by atoms with Crippen molar-refractivity contribution < 1.29 is 9.15 Å². The van der Waals surface area contributed by atoms with E-state index in [2.05, 4.69) is 33.2 Å². The normalized spacial score (nSPS) is 17.2. The van der Waals surface area contributed by atoms with Gasteiger partial charge in [0.1, 0.15) is 11.5 Å². The molecule has 1 unspecified atom stereocenters. The zero-order valence-electron chi connectivity index (χ0n) is 13.9. The highest BCUT2D eigenvalue weighted by atomic mass is 127. The van der Waals surface area contributed by atoms with Crippen LogP contribution in [-0.4, -0.2) is 57.3 Å². The summed E-state index contributed by atoms with van der Waals surface area (Å²) in [5, 5.41) is 6.54. The van der Waals surface area contributed by atoms with Crippen LogP contribution in [0.3, 0.4) is 0 Å². The smallest absolute Gasteiger partial charge is 0.191 e. The molecular formula is C16H27IN4O2. The van der Waals surface area contributed by atoms with Crippen molar-refractivity contribution in [2.75, 3.05) is 46.4 Å². The van der Waals surface area contributed by atoms with E-state index in [-0.39, 0.29) is 30.0 Å². The first-order chi connectivity index (χ1) is 10.7. The molecule has 1 fully saturated rings. The quantitative estimate of drug-likeness (QED) is 0.310. The second-order valence-corrected chi connectivity index (χ2v) is 5.24. The molecule has 0 radical (unpaired) electrons. The summed E-state index contributed by atoms with van der Waals surface area (Å²) in [6, 6.07) is 4.23. The van der Waals surface area contributed by atoms with E-state index in [4.69, 9.17) is 9.15 Å². The van der Waals surface area contributed by atoms with Gasteiger partial charge in [0.2, 0.25) is 0 Å². The van der Waals surface area contributed by atoms with Gasteiger partial charge in [-0.2, -0.15) is 0 Å². The lowest BCUT2D eigenvalue weighted by molar-refractivity contribution is 0.0124. The first-order valence-corrected chi connectivity index (χ1v) is 7.68. The van der Waals surface area contributed by atoms with Crippen molar-refractivity contribution >= 4 is 29.9 Å². The third-order valence-corrected chi connectivity index (χ3v) is 3.68. The minimum absolute atomic E-state index is 0. The molecule has 0 amide bonds. The van der Waals surface area contributed by atoms with Crippen molar-refractivity contribution in [2.24, 2.45) is 4.99 Å². The lowest BCUT2D eigenvalue weighted by Gasteiger charge is -2.33. The number of hydrogen-bond acceptors (Lipinski definition) is 4. The molecule has 0 bridgehead atoms. The maximum atomic E-state index is 5.85. The van der Waals surface area contributed by atoms with Crippen LogP contribution >= 0.6 is 24.0 Å². The summed E-state index contributed by atoms with van der Waals surface area (Å²) in [6.07, 6.45) is 1.81. The van der Waals surface area contributed by atoms with Crippen molar-refractivity contribution in [1.82, 2.24) is 15.5 Å². The van der Waals surface area contributed by atoms with Gasteiger partial charge in [-0.15, -0.1) is 30.6 Å². The van der Waals surface area contributed by atoms with Gasteiger partial charge < -0.3 is 19.8 Å². The first kappa shape index (κ1) is 20.0. The number of aliphatic imine (C=N–C) groups is 1. The summed E-state index contributed by atoms with van der Waals surface area (Å²) < 4.78 is 11.3. The van der Waals surface area contributed by atoms with Crippen LogP contribution in [0.4, 0.5) is 0 Å². The van der Waals surface area contributed by atoms with Crippen molar-refractivity contribution in [2.45, 2.75) is 13.0 Å². The van der Waals surface area contributed by atoms with Gasteiger partial charge in [-0.05, 0) is 19.1 Å². The predicted molar refractivity (Wildman–Crippen MR) is 104 cm³/mol. The molecule has 2 N–H and O–H groups in total. The second kappa shape index (κ2) is 10.7. The molecule has 1 aliphatic heterocycles. The van der Waals surface area contributed by atoms with Crippen LogP contribution in [0.2, 0.25) is 0 Å². The molecule has 0 aliphatic carbocycles. The molecule has 1 aliphatic rings. The van der Waals surface area contributed by atoms with Gasteiger partial charge >= 0.3 is 0 Å². The average Bonchev–Trinajstić information content (AvgIpc) is 2.98. The molecule has 7 heteroatoms. The standard InChI is InChI=1S/C16H26N4O2.HI/c1-4-7-18-16(17-3)19-12-14(15-6-5-13(2)22-15)20-8-10-21-11-9-20;/h4-6,14H,1,7-12H2,2-3H3,(H2,17,18,19);1H. The Hall–Kier alpha value is -1.06. The Labute approximate surface area is 155 Å². The zero-order chi connectivity index (χ0) is 15.8. The monoisotopic (exact) mass is 434 g/mol. The number of hydrogen-bond donors (Lipinski definition) is 2. The maximum Gasteiger partial charge on any atom is 0.191 e. The van der Waals surface area contributed by atoms with Crippen molar-refractivity contribution in [3.05, 3.63) is 36.3 Å². The summed E-state index contributed by atoms with van der Waals surface area (Å²) in [5.41, 5.74) is 0. The number of nitrogens with zero attached hydrogens (tertiary/aromatic N) is 2. The number of guanidine groups is 1. The van der Waals surface area contributed by atoms with Gasteiger partial charge in [-0.3, -0.25) is 9.89 Å². The molecule has 1 atom stereocenters. The van der Waals surface area contributed by atoms with Crippen LogP contribution in [-0.2, 0) is 4.74 Å². The summed E-state index contributed by atoms with van der Waals surface area (Å²) in [6.45, 7) is 10.4. The Morgan fingerprint density at radius 3 is 2.70 bits per heavy atom. The fourth-order valence-electron chi connectivity index (χ4n) is 2.51. The van der Waals surface area contributed by atoms with Crippen molar-refractivity contribution in [3.63, 3.8) is 0 Å². The lowest BCUT2D eigenvalue weighted by atomic mass is 10.1. The first-order valence-electron chi connectivity index (χ1n) is 7.68. The Balaban J connectivity index is 0.00000264. The number of ether oxygens (including phenoxy) is 1. The second-order valence-electron chi connectivity index (χ2n) is 5.24. The van der Waals surface area contributed by atoms with Crippen LogP contribution in [0.1, 0.15) is 17.6 Å². The number of furan rings is 1. The van der Waals surface area contributed by atoms with Gasteiger partial charge in [0.15, 0.2) is 5.96 Å². The van der Waals surface area contributed by atoms with Crippen LogP contribution < -0.4 is 10.6 Å². The predicted octanol–water partition coefficient (Wildman–Crippen LogP) is 1.93. The Bertz CT molecular complexity index is 498.